The van der Waals surface area contributed by atoms with E-state index in [0.29, 0.717) is 12.8 Å². The Bertz CT molecular complexity index is 334. The van der Waals surface area contributed by atoms with Crippen molar-refractivity contribution in [2.45, 2.75) is 28.4 Å². The molecular formula is C9H11Br2NO3. The molecule has 2 saturated carbocycles. The number of nitrogens with two attached hydrogens (primary N) is 1. The number of carboxylic acids is 1. The van der Waals surface area contributed by atoms with Crippen LogP contribution < -0.4 is 5.73 Å². The highest BCUT2D eigenvalue weighted by molar-refractivity contribution is 9.13. The molecule has 0 aromatic heterocycles. The van der Waals surface area contributed by atoms with Crippen LogP contribution in [-0.4, -0.2) is 26.1 Å². The monoisotopic (exact) mass is 339 g/mol. The molecular weight excluding hydrogens is 330 g/mol. The summed E-state index contributed by atoms with van der Waals surface area (Å²) in [5, 5.41) is 9.29. The van der Waals surface area contributed by atoms with E-state index in [-0.39, 0.29) is 10.7 Å². The summed E-state index contributed by atoms with van der Waals surface area (Å²) in [4.78, 5) is 22.7. The molecule has 2 aliphatic carbocycles. The Morgan fingerprint density at radius 1 is 1.47 bits per heavy atom. The van der Waals surface area contributed by atoms with Crippen molar-refractivity contribution in [2.75, 3.05) is 0 Å². The molecule has 84 valence electrons. The highest BCUT2D eigenvalue weighted by Gasteiger charge is 2.72. The summed E-state index contributed by atoms with van der Waals surface area (Å²) >= 11 is 6.63. The van der Waals surface area contributed by atoms with Gasteiger partial charge in [0.1, 0.15) is 4.32 Å². The number of alkyl halides is 2. The molecule has 0 aromatic carbocycles. The zero-order valence-electron chi connectivity index (χ0n) is 7.87. The first kappa shape index (κ1) is 11.4. The Morgan fingerprint density at radius 3 is 2.47 bits per heavy atom. The van der Waals surface area contributed by atoms with E-state index in [0.717, 1.165) is 6.42 Å². The second-order valence-electron chi connectivity index (χ2n) is 4.37. The summed E-state index contributed by atoms with van der Waals surface area (Å²) in [6, 6.07) is 0. The van der Waals surface area contributed by atoms with Crippen molar-refractivity contribution >= 4 is 43.7 Å². The Balaban J connectivity index is 2.54. The van der Waals surface area contributed by atoms with Crippen LogP contribution in [0.4, 0.5) is 0 Å². The third kappa shape index (κ3) is 1.12. The topological polar surface area (TPSA) is 80.4 Å². The van der Waals surface area contributed by atoms with Gasteiger partial charge in [-0.1, -0.05) is 31.9 Å². The molecule has 2 fully saturated rings. The molecule has 0 aliphatic heterocycles. The Kier molecular flexibility index (Phi) is 2.43. The fourth-order valence-corrected chi connectivity index (χ4v) is 4.99. The van der Waals surface area contributed by atoms with Crippen LogP contribution in [0.2, 0.25) is 0 Å². The lowest BCUT2D eigenvalue weighted by molar-refractivity contribution is -0.147. The smallest absolute Gasteiger partial charge is 0.322 e. The van der Waals surface area contributed by atoms with Gasteiger partial charge in [-0.25, -0.2) is 0 Å². The zero-order chi connectivity index (χ0) is 11.4. The standard InChI is InChI=1S/C9H11Br2NO3/c10-5-4-1-2-8(3-4,6(12)13)9(5,11)7(14)15/h4-5H,1-3H2,(H2,12,13)(H,14,15). The van der Waals surface area contributed by atoms with Gasteiger partial charge in [-0.05, 0) is 25.2 Å². The molecule has 4 unspecified atom stereocenters. The molecule has 4 nitrogen and oxygen atoms in total. The van der Waals surface area contributed by atoms with E-state index in [4.69, 9.17) is 5.73 Å². The number of fused-ring (bicyclic) bond motifs is 2. The van der Waals surface area contributed by atoms with Crippen molar-refractivity contribution in [3.8, 4) is 0 Å². The van der Waals surface area contributed by atoms with Gasteiger partial charge in [0, 0.05) is 4.83 Å². The molecule has 0 heterocycles. The lowest BCUT2D eigenvalue weighted by atomic mass is 9.74. The predicted octanol–water partition coefficient (Wildman–Crippen LogP) is 1.25. The van der Waals surface area contributed by atoms with Crippen LogP contribution in [0.5, 0.6) is 0 Å². The molecule has 0 aromatic rings. The largest absolute Gasteiger partial charge is 0.480 e. The van der Waals surface area contributed by atoms with Crippen LogP contribution in [0.25, 0.3) is 0 Å². The minimum atomic E-state index is -1.24. The fourth-order valence-electron chi connectivity index (χ4n) is 2.98. The van der Waals surface area contributed by atoms with Crippen LogP contribution in [0, 0.1) is 11.3 Å². The van der Waals surface area contributed by atoms with Gasteiger partial charge in [-0.2, -0.15) is 0 Å². The number of aliphatic carboxylic acids is 1. The summed E-state index contributed by atoms with van der Waals surface area (Å²) in [7, 11) is 0. The van der Waals surface area contributed by atoms with Gasteiger partial charge >= 0.3 is 5.97 Å². The number of hydrogen-bond acceptors (Lipinski definition) is 2. The van der Waals surface area contributed by atoms with Crippen LogP contribution >= 0.6 is 31.9 Å². The summed E-state index contributed by atoms with van der Waals surface area (Å²) in [5.74, 6) is -1.30. The summed E-state index contributed by atoms with van der Waals surface area (Å²) in [5.41, 5.74) is 4.46. The van der Waals surface area contributed by atoms with Crippen LogP contribution in [0.15, 0.2) is 0 Å². The van der Waals surface area contributed by atoms with Crippen LogP contribution in [-0.2, 0) is 9.59 Å². The lowest BCUT2D eigenvalue weighted by Crippen LogP contribution is -2.57. The molecule has 2 rings (SSSR count). The zero-order valence-corrected chi connectivity index (χ0v) is 11.0. The normalized spacial score (nSPS) is 48.1. The van der Waals surface area contributed by atoms with E-state index < -0.39 is 21.6 Å². The van der Waals surface area contributed by atoms with Crippen LogP contribution in [0.3, 0.4) is 0 Å². The lowest BCUT2D eigenvalue weighted by Gasteiger charge is -2.39. The summed E-state index contributed by atoms with van der Waals surface area (Å²) < 4.78 is -1.24. The molecule has 1 amide bonds. The average molecular weight is 341 g/mol. The molecule has 15 heavy (non-hydrogen) atoms. The highest BCUT2D eigenvalue weighted by atomic mass is 79.9. The van der Waals surface area contributed by atoms with E-state index in [1.165, 1.54) is 0 Å². The van der Waals surface area contributed by atoms with Gasteiger partial charge in [0.15, 0.2) is 0 Å². The van der Waals surface area contributed by atoms with Crippen molar-refractivity contribution < 1.29 is 14.7 Å². The third-order valence-electron chi connectivity index (χ3n) is 3.83. The van der Waals surface area contributed by atoms with E-state index in [1.807, 2.05) is 0 Å². The summed E-state index contributed by atoms with van der Waals surface area (Å²) in [6.45, 7) is 0. The predicted molar refractivity (Wildman–Crippen MR) is 61.0 cm³/mol. The Labute approximate surface area is 104 Å². The maximum atomic E-state index is 11.6. The average Bonchev–Trinajstić information content (AvgIpc) is 2.67. The number of primary amides is 1. The second kappa shape index (κ2) is 3.20. The minimum absolute atomic E-state index is 0.216. The van der Waals surface area contributed by atoms with E-state index in [9.17, 15) is 14.7 Å². The number of halogens is 2. The molecule has 4 atom stereocenters. The van der Waals surface area contributed by atoms with E-state index >= 15 is 0 Å². The van der Waals surface area contributed by atoms with Gasteiger partial charge in [-0.15, -0.1) is 0 Å². The summed E-state index contributed by atoms with van der Waals surface area (Å²) in [6.07, 6.45) is 1.99. The van der Waals surface area contributed by atoms with Crippen molar-refractivity contribution in [1.82, 2.24) is 0 Å². The quantitative estimate of drug-likeness (QED) is 0.742. The highest BCUT2D eigenvalue weighted by Crippen LogP contribution is 2.65. The minimum Gasteiger partial charge on any atom is -0.480 e. The first-order valence-electron chi connectivity index (χ1n) is 4.72. The van der Waals surface area contributed by atoms with Gasteiger partial charge in [0.25, 0.3) is 0 Å². The second-order valence-corrected chi connectivity index (χ2v) is 6.61. The molecule has 0 spiro atoms. The maximum absolute atomic E-state index is 11.6. The van der Waals surface area contributed by atoms with Gasteiger partial charge in [0.05, 0.1) is 5.41 Å². The number of amides is 1. The van der Waals surface area contributed by atoms with Gasteiger partial charge < -0.3 is 10.8 Å². The number of carboxylic acid groups (broad SMARTS) is 1. The fraction of sp³-hybridized carbons (Fsp3) is 0.778. The molecule has 0 saturated heterocycles. The molecule has 2 bridgehead atoms. The Morgan fingerprint density at radius 2 is 2.07 bits per heavy atom. The van der Waals surface area contributed by atoms with Gasteiger partial charge in [-0.3, -0.25) is 9.59 Å². The van der Waals surface area contributed by atoms with Crippen molar-refractivity contribution in [3.05, 3.63) is 0 Å². The van der Waals surface area contributed by atoms with Crippen LogP contribution in [0.1, 0.15) is 19.3 Å². The number of rotatable bonds is 2. The molecule has 6 heteroatoms. The molecule has 3 N–H and O–H groups in total. The van der Waals surface area contributed by atoms with E-state index in [2.05, 4.69) is 31.9 Å². The number of carbonyl (C=O) groups excluding carboxylic acids is 1. The van der Waals surface area contributed by atoms with E-state index in [1.54, 1.807) is 0 Å². The Hall–Kier alpha value is -0.100. The molecule has 2 aliphatic rings. The van der Waals surface area contributed by atoms with Crippen molar-refractivity contribution in [3.63, 3.8) is 0 Å². The van der Waals surface area contributed by atoms with Gasteiger partial charge in [0.2, 0.25) is 5.91 Å². The molecule has 0 radical (unpaired) electrons. The SMILES string of the molecule is NC(=O)C12CCC(C1)C(Br)C2(Br)C(=O)O. The maximum Gasteiger partial charge on any atom is 0.322 e. The van der Waals surface area contributed by atoms with Crippen molar-refractivity contribution in [1.29, 1.82) is 0 Å². The number of carbonyl (C=O) groups is 2. The third-order valence-corrected chi connectivity index (χ3v) is 7.47. The first-order chi connectivity index (χ1) is 6.86. The first-order valence-corrected chi connectivity index (χ1v) is 6.43. The number of hydrogen-bond donors (Lipinski definition) is 2. The van der Waals surface area contributed by atoms with Crippen molar-refractivity contribution in [2.24, 2.45) is 17.1 Å².